The van der Waals surface area contributed by atoms with Crippen LogP contribution in [0.3, 0.4) is 0 Å². The van der Waals surface area contributed by atoms with Crippen molar-refractivity contribution in [2.45, 2.75) is 18.5 Å². The quantitative estimate of drug-likeness (QED) is 0.857. The standard InChI is InChI=1S/C20H24N4O3/c1-26-15-5-3-4-13(10-15)19-16-12-24(9-7-17(16)22-23-19)20(25)14-6-8-21-18(11-14)27-2/h3-6,8,10-11,16-17,19,22-23H,7,9,12H2,1-2H3. The Morgan fingerprint density at radius 2 is 2.07 bits per heavy atom. The number of carbonyl (C=O) groups is 1. The van der Waals surface area contributed by atoms with Crippen molar-refractivity contribution in [3.63, 3.8) is 0 Å². The molecule has 2 saturated heterocycles. The molecule has 0 bridgehead atoms. The number of hydrazine groups is 1. The third-order valence-corrected chi connectivity index (χ3v) is 5.44. The fourth-order valence-electron chi connectivity index (χ4n) is 3.99. The van der Waals surface area contributed by atoms with Crippen LogP contribution in [-0.2, 0) is 0 Å². The lowest BCUT2D eigenvalue weighted by molar-refractivity contribution is 0.0652. The van der Waals surface area contributed by atoms with Crippen LogP contribution in [0.1, 0.15) is 28.4 Å². The third kappa shape index (κ3) is 3.48. The lowest BCUT2D eigenvalue weighted by Gasteiger charge is -2.36. The van der Waals surface area contributed by atoms with Crippen molar-refractivity contribution in [3.05, 3.63) is 53.7 Å². The summed E-state index contributed by atoms with van der Waals surface area (Å²) in [5, 5.41) is 0. The Bertz CT molecular complexity index is 828. The predicted molar refractivity (Wildman–Crippen MR) is 101 cm³/mol. The Morgan fingerprint density at radius 3 is 2.89 bits per heavy atom. The maximum atomic E-state index is 13.0. The number of hydrogen-bond donors (Lipinski definition) is 2. The first-order valence-electron chi connectivity index (χ1n) is 9.14. The first-order chi connectivity index (χ1) is 13.2. The zero-order valence-corrected chi connectivity index (χ0v) is 15.5. The molecule has 4 rings (SSSR count). The number of pyridine rings is 1. The molecule has 0 saturated carbocycles. The molecular weight excluding hydrogens is 344 g/mol. The molecule has 27 heavy (non-hydrogen) atoms. The van der Waals surface area contributed by atoms with Gasteiger partial charge in [-0.15, -0.1) is 0 Å². The first kappa shape index (κ1) is 17.8. The minimum absolute atomic E-state index is 0.0189. The van der Waals surface area contributed by atoms with Gasteiger partial charge in [0.25, 0.3) is 5.91 Å². The molecule has 0 radical (unpaired) electrons. The Morgan fingerprint density at radius 1 is 1.19 bits per heavy atom. The number of nitrogens with one attached hydrogen (secondary N) is 2. The number of aromatic nitrogens is 1. The molecule has 1 aromatic carbocycles. The van der Waals surface area contributed by atoms with Gasteiger partial charge >= 0.3 is 0 Å². The Balaban J connectivity index is 1.53. The van der Waals surface area contributed by atoms with Gasteiger partial charge in [0.2, 0.25) is 5.88 Å². The number of carbonyl (C=O) groups excluding carboxylic acids is 1. The van der Waals surface area contributed by atoms with Gasteiger partial charge in [0, 0.05) is 42.9 Å². The average molecular weight is 368 g/mol. The molecule has 1 amide bonds. The van der Waals surface area contributed by atoms with Crippen LogP contribution in [0.15, 0.2) is 42.6 Å². The molecule has 2 aliphatic rings. The second-order valence-corrected chi connectivity index (χ2v) is 6.94. The van der Waals surface area contributed by atoms with Gasteiger partial charge in [0.15, 0.2) is 0 Å². The van der Waals surface area contributed by atoms with E-state index in [1.807, 2.05) is 17.0 Å². The van der Waals surface area contributed by atoms with Gasteiger partial charge in [0.1, 0.15) is 5.75 Å². The molecule has 3 atom stereocenters. The maximum Gasteiger partial charge on any atom is 0.254 e. The van der Waals surface area contributed by atoms with Crippen molar-refractivity contribution in [1.29, 1.82) is 0 Å². The number of amides is 1. The molecule has 2 aromatic rings. The summed E-state index contributed by atoms with van der Waals surface area (Å²) in [6.07, 6.45) is 2.52. The summed E-state index contributed by atoms with van der Waals surface area (Å²) in [5.74, 6) is 1.60. The number of methoxy groups -OCH3 is 2. The molecule has 7 heteroatoms. The topological polar surface area (TPSA) is 75.7 Å². The van der Waals surface area contributed by atoms with E-state index in [-0.39, 0.29) is 11.9 Å². The highest BCUT2D eigenvalue weighted by atomic mass is 16.5. The van der Waals surface area contributed by atoms with Crippen molar-refractivity contribution in [3.8, 4) is 11.6 Å². The van der Waals surface area contributed by atoms with Gasteiger partial charge in [-0.1, -0.05) is 12.1 Å². The number of piperidine rings is 1. The lowest BCUT2D eigenvalue weighted by atomic mass is 9.85. The second-order valence-electron chi connectivity index (χ2n) is 6.94. The Kier molecular flexibility index (Phi) is 4.96. The minimum atomic E-state index is 0.0189. The smallest absolute Gasteiger partial charge is 0.254 e. The molecule has 0 aliphatic carbocycles. The molecule has 2 N–H and O–H groups in total. The van der Waals surface area contributed by atoms with Crippen LogP contribution in [0.5, 0.6) is 11.6 Å². The van der Waals surface area contributed by atoms with Gasteiger partial charge in [0.05, 0.1) is 20.3 Å². The van der Waals surface area contributed by atoms with E-state index in [1.165, 1.54) is 0 Å². The molecule has 2 aliphatic heterocycles. The van der Waals surface area contributed by atoms with E-state index < -0.39 is 0 Å². The highest BCUT2D eigenvalue weighted by Crippen LogP contribution is 2.35. The maximum absolute atomic E-state index is 13.0. The van der Waals surface area contributed by atoms with Crippen LogP contribution in [0, 0.1) is 5.92 Å². The average Bonchev–Trinajstić information content (AvgIpc) is 3.16. The Hall–Kier alpha value is -2.64. The van der Waals surface area contributed by atoms with Crippen LogP contribution < -0.4 is 20.3 Å². The molecule has 3 unspecified atom stereocenters. The summed E-state index contributed by atoms with van der Waals surface area (Å²) in [6.45, 7) is 1.42. The van der Waals surface area contributed by atoms with Crippen LogP contribution in [0.4, 0.5) is 0 Å². The molecule has 1 aromatic heterocycles. The van der Waals surface area contributed by atoms with E-state index in [4.69, 9.17) is 9.47 Å². The van der Waals surface area contributed by atoms with E-state index >= 15 is 0 Å². The zero-order chi connectivity index (χ0) is 18.8. The van der Waals surface area contributed by atoms with Crippen molar-refractivity contribution in [2.24, 2.45) is 5.92 Å². The van der Waals surface area contributed by atoms with E-state index in [1.54, 1.807) is 32.5 Å². The normalized spacial score (nSPS) is 24.4. The summed E-state index contributed by atoms with van der Waals surface area (Å²) < 4.78 is 10.5. The lowest BCUT2D eigenvalue weighted by Crippen LogP contribution is -2.47. The van der Waals surface area contributed by atoms with Crippen LogP contribution >= 0.6 is 0 Å². The highest BCUT2D eigenvalue weighted by molar-refractivity contribution is 5.94. The summed E-state index contributed by atoms with van der Waals surface area (Å²) >= 11 is 0. The van der Waals surface area contributed by atoms with Gasteiger partial charge in [-0.2, -0.15) is 0 Å². The van der Waals surface area contributed by atoms with E-state index in [9.17, 15) is 4.79 Å². The van der Waals surface area contributed by atoms with Crippen molar-refractivity contribution in [2.75, 3.05) is 27.3 Å². The number of rotatable bonds is 4. The summed E-state index contributed by atoms with van der Waals surface area (Å²) in [4.78, 5) is 19.0. The highest BCUT2D eigenvalue weighted by Gasteiger charge is 2.41. The predicted octanol–water partition coefficient (Wildman–Crippen LogP) is 1.78. The van der Waals surface area contributed by atoms with Crippen molar-refractivity contribution >= 4 is 5.91 Å². The molecule has 2 fully saturated rings. The monoisotopic (exact) mass is 368 g/mol. The van der Waals surface area contributed by atoms with Gasteiger partial charge < -0.3 is 14.4 Å². The minimum Gasteiger partial charge on any atom is -0.497 e. The van der Waals surface area contributed by atoms with E-state index in [0.29, 0.717) is 29.9 Å². The number of benzene rings is 1. The number of nitrogens with zero attached hydrogens (tertiary/aromatic N) is 2. The largest absolute Gasteiger partial charge is 0.497 e. The molecule has 142 valence electrons. The van der Waals surface area contributed by atoms with Crippen LogP contribution in [0.25, 0.3) is 0 Å². The van der Waals surface area contributed by atoms with Gasteiger partial charge in [-0.05, 0) is 30.2 Å². The molecule has 0 spiro atoms. The first-order valence-corrected chi connectivity index (χ1v) is 9.14. The second kappa shape index (κ2) is 7.54. The third-order valence-electron chi connectivity index (χ3n) is 5.44. The SMILES string of the molecule is COc1cccc(C2NNC3CCN(C(=O)c4ccnc(OC)c4)CC32)c1. The van der Waals surface area contributed by atoms with Crippen LogP contribution in [0.2, 0.25) is 0 Å². The van der Waals surface area contributed by atoms with Crippen molar-refractivity contribution < 1.29 is 14.3 Å². The fourth-order valence-corrected chi connectivity index (χ4v) is 3.99. The molecule has 3 heterocycles. The number of hydrogen-bond acceptors (Lipinski definition) is 6. The van der Waals surface area contributed by atoms with Crippen LogP contribution in [-0.4, -0.2) is 49.1 Å². The number of ether oxygens (including phenoxy) is 2. The number of fused-ring (bicyclic) bond motifs is 1. The number of likely N-dealkylation sites (tertiary alicyclic amines) is 1. The van der Waals surface area contributed by atoms with Crippen molar-refractivity contribution in [1.82, 2.24) is 20.7 Å². The molecule has 7 nitrogen and oxygen atoms in total. The van der Waals surface area contributed by atoms with Gasteiger partial charge in [-0.3, -0.25) is 10.2 Å². The van der Waals surface area contributed by atoms with Gasteiger partial charge in [-0.25, -0.2) is 10.4 Å². The summed E-state index contributed by atoms with van der Waals surface area (Å²) in [7, 11) is 3.23. The molecular formula is C20H24N4O3. The van der Waals surface area contributed by atoms with E-state index in [2.05, 4.69) is 28.0 Å². The summed E-state index contributed by atoms with van der Waals surface area (Å²) in [6, 6.07) is 12.0. The van der Waals surface area contributed by atoms with E-state index in [0.717, 1.165) is 24.3 Å². The zero-order valence-electron chi connectivity index (χ0n) is 15.5. The summed E-state index contributed by atoms with van der Waals surface area (Å²) in [5.41, 5.74) is 8.58. The Labute approximate surface area is 158 Å². The fraction of sp³-hybridized carbons (Fsp3) is 0.400.